The van der Waals surface area contributed by atoms with E-state index in [2.05, 4.69) is 17.2 Å². The summed E-state index contributed by atoms with van der Waals surface area (Å²) in [5.41, 5.74) is 1.93. The van der Waals surface area contributed by atoms with Crippen molar-refractivity contribution in [3.8, 4) is 11.4 Å². The number of aromatic nitrogens is 4. The minimum Gasteiger partial charge on any atom is -0.350 e. The zero-order chi connectivity index (χ0) is 20.8. The molecule has 0 aliphatic rings. The Hall–Kier alpha value is -2.03. The van der Waals surface area contributed by atoms with E-state index >= 15 is 0 Å². The van der Waals surface area contributed by atoms with Gasteiger partial charge in [0, 0.05) is 34.6 Å². The molecule has 0 radical (unpaired) electrons. The fourth-order valence-corrected chi connectivity index (χ4v) is 4.02. The molecule has 1 N–H and O–H groups in total. The zero-order valence-corrected chi connectivity index (χ0v) is 18.9. The van der Waals surface area contributed by atoms with Crippen LogP contribution in [0, 0.1) is 11.7 Å². The summed E-state index contributed by atoms with van der Waals surface area (Å²) in [5, 5.41) is 11.2. The molecule has 0 atom stereocenters. The normalized spacial score (nSPS) is 11.0. The fraction of sp³-hybridized carbons (Fsp3) is 0.400. The van der Waals surface area contributed by atoms with Crippen LogP contribution in [0.4, 0.5) is 0 Å². The SMILES string of the molecule is CCCCn1c(-c2ccc(Cl)cc2)nn(CCC(=O)NCc2nc(C)cs2)c1=S. The maximum atomic E-state index is 12.2. The van der Waals surface area contributed by atoms with E-state index < -0.39 is 0 Å². The van der Waals surface area contributed by atoms with Crippen molar-refractivity contribution in [3.05, 3.63) is 50.1 Å². The summed E-state index contributed by atoms with van der Waals surface area (Å²) in [5.74, 6) is 0.759. The van der Waals surface area contributed by atoms with Gasteiger partial charge in [-0.15, -0.1) is 11.3 Å². The fourth-order valence-electron chi connectivity index (χ4n) is 2.87. The third-order valence-corrected chi connectivity index (χ3v) is 6.06. The summed E-state index contributed by atoms with van der Waals surface area (Å²) in [6.45, 7) is 5.76. The third kappa shape index (κ3) is 5.74. The summed E-state index contributed by atoms with van der Waals surface area (Å²) < 4.78 is 4.41. The van der Waals surface area contributed by atoms with Crippen LogP contribution in [-0.2, 0) is 24.4 Å². The van der Waals surface area contributed by atoms with Crippen LogP contribution in [0.1, 0.15) is 36.9 Å². The lowest BCUT2D eigenvalue weighted by Gasteiger charge is -2.06. The number of hydrogen-bond acceptors (Lipinski definition) is 5. The van der Waals surface area contributed by atoms with E-state index in [1.165, 1.54) is 0 Å². The minimum absolute atomic E-state index is 0.0455. The molecule has 0 unspecified atom stereocenters. The minimum atomic E-state index is -0.0455. The summed E-state index contributed by atoms with van der Waals surface area (Å²) in [4.78, 5) is 16.6. The number of aryl methyl sites for hydroxylation is 2. The Labute approximate surface area is 184 Å². The van der Waals surface area contributed by atoms with Crippen molar-refractivity contribution in [3.63, 3.8) is 0 Å². The highest BCUT2D eigenvalue weighted by Crippen LogP contribution is 2.21. The van der Waals surface area contributed by atoms with Crippen LogP contribution in [0.3, 0.4) is 0 Å². The number of carbonyl (C=O) groups excluding carboxylic acids is 1. The number of carbonyl (C=O) groups is 1. The Balaban J connectivity index is 1.70. The molecule has 154 valence electrons. The maximum absolute atomic E-state index is 12.2. The summed E-state index contributed by atoms with van der Waals surface area (Å²) in [6, 6.07) is 7.57. The first-order valence-electron chi connectivity index (χ1n) is 9.59. The predicted octanol–water partition coefficient (Wildman–Crippen LogP) is 5.01. The van der Waals surface area contributed by atoms with Gasteiger partial charge in [-0.1, -0.05) is 24.9 Å². The summed E-state index contributed by atoms with van der Waals surface area (Å²) in [7, 11) is 0. The average molecular weight is 450 g/mol. The zero-order valence-electron chi connectivity index (χ0n) is 16.5. The lowest BCUT2D eigenvalue weighted by Crippen LogP contribution is -2.24. The number of halogens is 1. The average Bonchev–Trinajstić information content (AvgIpc) is 3.27. The first-order valence-corrected chi connectivity index (χ1v) is 11.3. The Morgan fingerprint density at radius 2 is 2.03 bits per heavy atom. The van der Waals surface area contributed by atoms with Gasteiger partial charge < -0.3 is 5.32 Å². The molecule has 0 saturated carbocycles. The van der Waals surface area contributed by atoms with Gasteiger partial charge in [-0.3, -0.25) is 9.36 Å². The number of hydrogen-bond donors (Lipinski definition) is 1. The standard InChI is InChI=1S/C20H24ClN5OS2/c1-3-4-10-25-19(15-5-7-16(21)8-6-15)24-26(20(25)28)11-9-17(27)22-12-18-23-14(2)13-29-18/h5-8,13H,3-4,9-12H2,1-2H3,(H,22,27). The van der Waals surface area contributed by atoms with Gasteiger partial charge in [0.25, 0.3) is 0 Å². The van der Waals surface area contributed by atoms with Crippen LogP contribution < -0.4 is 5.32 Å². The van der Waals surface area contributed by atoms with Crippen molar-refractivity contribution in [2.24, 2.45) is 0 Å². The molecule has 9 heteroatoms. The molecular weight excluding hydrogens is 426 g/mol. The first kappa shape index (κ1) is 21.7. The third-order valence-electron chi connectivity index (χ3n) is 4.41. The monoisotopic (exact) mass is 449 g/mol. The lowest BCUT2D eigenvalue weighted by molar-refractivity contribution is -0.121. The van der Waals surface area contributed by atoms with Crippen molar-refractivity contribution in [2.75, 3.05) is 0 Å². The summed E-state index contributed by atoms with van der Waals surface area (Å²) in [6.07, 6.45) is 2.38. The van der Waals surface area contributed by atoms with Crippen LogP contribution in [0.15, 0.2) is 29.6 Å². The largest absolute Gasteiger partial charge is 0.350 e. The second-order valence-corrected chi connectivity index (χ2v) is 8.50. The van der Waals surface area contributed by atoms with Crippen molar-refractivity contribution in [1.82, 2.24) is 24.6 Å². The molecule has 0 saturated heterocycles. The van der Waals surface area contributed by atoms with Crippen LogP contribution in [0.5, 0.6) is 0 Å². The van der Waals surface area contributed by atoms with Crippen LogP contribution in [0.2, 0.25) is 5.02 Å². The molecule has 1 aromatic carbocycles. The number of benzene rings is 1. The van der Waals surface area contributed by atoms with Crippen molar-refractivity contribution >= 4 is 41.1 Å². The van der Waals surface area contributed by atoms with E-state index in [9.17, 15) is 4.79 Å². The molecule has 2 aromatic heterocycles. The topological polar surface area (TPSA) is 64.7 Å². The predicted molar refractivity (Wildman–Crippen MR) is 120 cm³/mol. The van der Waals surface area contributed by atoms with Gasteiger partial charge in [-0.25, -0.2) is 9.67 Å². The molecule has 1 amide bonds. The molecule has 0 spiro atoms. The molecule has 3 aromatic rings. The van der Waals surface area contributed by atoms with E-state index in [1.807, 2.05) is 41.1 Å². The molecule has 0 aliphatic carbocycles. The Morgan fingerprint density at radius 3 is 2.69 bits per heavy atom. The van der Waals surface area contributed by atoms with Crippen molar-refractivity contribution < 1.29 is 4.79 Å². The Kier molecular flexibility index (Phi) is 7.57. The van der Waals surface area contributed by atoms with E-state index in [0.717, 1.165) is 41.5 Å². The van der Waals surface area contributed by atoms with Crippen LogP contribution in [-0.4, -0.2) is 25.2 Å². The molecule has 0 bridgehead atoms. The molecule has 2 heterocycles. The highest BCUT2D eigenvalue weighted by molar-refractivity contribution is 7.71. The van der Waals surface area contributed by atoms with Gasteiger partial charge in [-0.2, -0.15) is 5.10 Å². The first-order chi connectivity index (χ1) is 14.0. The second kappa shape index (κ2) is 10.1. The van der Waals surface area contributed by atoms with Gasteiger partial charge in [0.2, 0.25) is 5.91 Å². The molecule has 0 fully saturated rings. The summed E-state index contributed by atoms with van der Waals surface area (Å²) >= 11 is 13.2. The van der Waals surface area contributed by atoms with E-state index in [0.29, 0.717) is 29.3 Å². The number of unbranched alkanes of at least 4 members (excludes halogenated alkanes) is 1. The van der Waals surface area contributed by atoms with E-state index in [1.54, 1.807) is 16.0 Å². The second-order valence-electron chi connectivity index (χ2n) is 6.75. The number of nitrogens with zero attached hydrogens (tertiary/aromatic N) is 4. The number of amides is 1. The smallest absolute Gasteiger partial charge is 0.222 e. The highest BCUT2D eigenvalue weighted by Gasteiger charge is 2.14. The van der Waals surface area contributed by atoms with Gasteiger partial charge in [0.05, 0.1) is 13.1 Å². The van der Waals surface area contributed by atoms with Gasteiger partial charge >= 0.3 is 0 Å². The molecule has 29 heavy (non-hydrogen) atoms. The number of nitrogens with one attached hydrogen (secondary N) is 1. The molecule has 6 nitrogen and oxygen atoms in total. The van der Waals surface area contributed by atoms with E-state index in [-0.39, 0.29) is 5.91 Å². The Bertz CT molecular complexity index is 1020. The lowest BCUT2D eigenvalue weighted by atomic mass is 10.2. The number of thiazole rings is 1. The van der Waals surface area contributed by atoms with Gasteiger partial charge in [-0.05, 0) is 49.8 Å². The van der Waals surface area contributed by atoms with Crippen LogP contribution >= 0.6 is 35.2 Å². The Morgan fingerprint density at radius 1 is 1.28 bits per heavy atom. The molecule has 3 rings (SSSR count). The maximum Gasteiger partial charge on any atom is 0.222 e. The van der Waals surface area contributed by atoms with Crippen molar-refractivity contribution in [2.45, 2.75) is 52.7 Å². The highest BCUT2D eigenvalue weighted by atomic mass is 35.5. The number of rotatable bonds is 9. The van der Waals surface area contributed by atoms with Crippen LogP contribution in [0.25, 0.3) is 11.4 Å². The molecular formula is C20H24ClN5OS2. The van der Waals surface area contributed by atoms with E-state index in [4.69, 9.17) is 28.9 Å². The quantitative estimate of drug-likeness (QED) is 0.466. The molecule has 0 aliphatic heterocycles. The van der Waals surface area contributed by atoms with Gasteiger partial charge in [0.1, 0.15) is 5.01 Å². The van der Waals surface area contributed by atoms with Gasteiger partial charge in [0.15, 0.2) is 10.6 Å². The van der Waals surface area contributed by atoms with Crippen molar-refractivity contribution in [1.29, 1.82) is 0 Å².